The second kappa shape index (κ2) is 6.26. The summed E-state index contributed by atoms with van der Waals surface area (Å²) in [5, 5.41) is 1.13. The molecule has 1 N–H and O–H groups in total. The number of aromatic nitrogens is 3. The molecule has 0 saturated heterocycles. The topological polar surface area (TPSA) is 71.8 Å². The third kappa shape index (κ3) is 2.71. The highest BCUT2D eigenvalue weighted by atomic mass is 16.3. The van der Waals surface area contributed by atoms with E-state index < -0.39 is 0 Å². The molecule has 0 bridgehead atoms. The fourth-order valence-electron chi connectivity index (χ4n) is 3.35. The van der Waals surface area contributed by atoms with Crippen molar-refractivity contribution >= 4 is 17.2 Å². The highest BCUT2D eigenvalue weighted by molar-refractivity contribution is 5.93. The number of hydrogen-bond acceptors (Lipinski definition) is 4. The van der Waals surface area contributed by atoms with Crippen LogP contribution >= 0.6 is 0 Å². The lowest BCUT2D eigenvalue weighted by Crippen LogP contribution is -1.91. The molecule has 0 amide bonds. The van der Waals surface area contributed by atoms with E-state index in [1.54, 1.807) is 0 Å². The zero-order valence-electron chi connectivity index (χ0n) is 14.9. The number of nitrogens with one attached hydrogen (secondary N) is 1. The number of benzene rings is 1. The van der Waals surface area contributed by atoms with Crippen LogP contribution in [-0.2, 0) is 0 Å². The van der Waals surface area contributed by atoms with Gasteiger partial charge in [-0.3, -0.25) is 9.78 Å². The fraction of sp³-hybridized carbons (Fsp3) is 0.190. The number of nitrogens with zero attached hydrogens (tertiary/aromatic N) is 2. The van der Waals surface area contributed by atoms with Crippen LogP contribution in [0.5, 0.6) is 0 Å². The maximum Gasteiger partial charge on any atom is 0.226 e. The first-order chi connectivity index (χ1) is 12.6. The Morgan fingerprint density at radius 3 is 2.69 bits per heavy atom. The quantitative estimate of drug-likeness (QED) is 0.521. The monoisotopic (exact) mass is 345 g/mol. The van der Waals surface area contributed by atoms with Gasteiger partial charge in [-0.25, -0.2) is 4.98 Å². The first-order valence-electron chi connectivity index (χ1n) is 8.56. The number of carbonyl (C=O) groups excluding carboxylic acids is 1. The fourth-order valence-corrected chi connectivity index (χ4v) is 3.35. The lowest BCUT2D eigenvalue weighted by molar-refractivity contribution is 0.111. The standard InChI is InChI=1S/C21H19N3O2/c1-12(2)19-17-9-15(21-23-16(10-25)11-26-21)4-5-18(17)24-20(19)14-6-7-22-13(3)8-14/h4-12,24H,1-3H3. The number of oxazole rings is 1. The Bertz CT molecular complexity index is 1110. The van der Waals surface area contributed by atoms with Gasteiger partial charge < -0.3 is 9.40 Å². The normalized spacial score (nSPS) is 11.4. The summed E-state index contributed by atoms with van der Waals surface area (Å²) >= 11 is 0. The summed E-state index contributed by atoms with van der Waals surface area (Å²) in [4.78, 5) is 22.9. The SMILES string of the molecule is Cc1cc(-c2[nH]c3ccc(-c4nc(C=O)co4)cc3c2C(C)C)ccn1. The van der Waals surface area contributed by atoms with Crippen LogP contribution in [0, 0.1) is 6.92 Å². The van der Waals surface area contributed by atoms with E-state index in [9.17, 15) is 4.79 Å². The molecule has 0 unspecified atom stereocenters. The van der Waals surface area contributed by atoms with Gasteiger partial charge in [-0.2, -0.15) is 0 Å². The number of rotatable bonds is 4. The summed E-state index contributed by atoms with van der Waals surface area (Å²) < 4.78 is 5.44. The van der Waals surface area contributed by atoms with Crippen molar-refractivity contribution in [2.45, 2.75) is 26.7 Å². The third-order valence-corrected chi connectivity index (χ3v) is 4.49. The third-order valence-electron chi connectivity index (χ3n) is 4.49. The minimum absolute atomic E-state index is 0.297. The van der Waals surface area contributed by atoms with Crippen LogP contribution in [0.4, 0.5) is 0 Å². The zero-order chi connectivity index (χ0) is 18.3. The van der Waals surface area contributed by atoms with Gasteiger partial charge >= 0.3 is 0 Å². The second-order valence-electron chi connectivity index (χ2n) is 6.71. The molecular weight excluding hydrogens is 326 g/mol. The molecule has 0 fully saturated rings. The maximum absolute atomic E-state index is 10.9. The van der Waals surface area contributed by atoms with E-state index >= 15 is 0 Å². The molecule has 0 atom stereocenters. The molecular formula is C21H19N3O2. The Labute approximate surface area is 151 Å². The molecule has 0 saturated carbocycles. The van der Waals surface area contributed by atoms with Gasteiger partial charge in [-0.1, -0.05) is 13.8 Å². The number of aldehydes is 1. The zero-order valence-corrected chi connectivity index (χ0v) is 14.9. The minimum atomic E-state index is 0.297. The van der Waals surface area contributed by atoms with E-state index in [4.69, 9.17) is 4.42 Å². The Kier molecular flexibility index (Phi) is 3.92. The lowest BCUT2D eigenvalue weighted by atomic mass is 9.95. The van der Waals surface area contributed by atoms with Crippen molar-refractivity contribution < 1.29 is 9.21 Å². The molecule has 3 heterocycles. The van der Waals surface area contributed by atoms with Crippen LogP contribution in [0.3, 0.4) is 0 Å². The van der Waals surface area contributed by atoms with E-state index in [-0.39, 0.29) is 0 Å². The Morgan fingerprint density at radius 2 is 2.00 bits per heavy atom. The molecule has 5 heteroatoms. The molecule has 0 aliphatic rings. The Morgan fingerprint density at radius 1 is 1.15 bits per heavy atom. The summed E-state index contributed by atoms with van der Waals surface area (Å²) in [6.07, 6.45) is 3.89. The van der Waals surface area contributed by atoms with Crippen molar-refractivity contribution in [2.75, 3.05) is 0 Å². The molecule has 0 aliphatic heterocycles. The van der Waals surface area contributed by atoms with E-state index in [1.165, 1.54) is 11.8 Å². The number of carbonyl (C=O) groups is 1. The molecule has 130 valence electrons. The van der Waals surface area contributed by atoms with Crippen LogP contribution in [0.15, 0.2) is 47.2 Å². The summed E-state index contributed by atoms with van der Waals surface area (Å²) in [6.45, 7) is 6.36. The van der Waals surface area contributed by atoms with Gasteiger partial charge in [-0.15, -0.1) is 0 Å². The molecule has 0 aliphatic carbocycles. The first-order valence-corrected chi connectivity index (χ1v) is 8.56. The highest BCUT2D eigenvalue weighted by Gasteiger charge is 2.18. The molecule has 5 nitrogen and oxygen atoms in total. The number of aryl methyl sites for hydroxylation is 1. The van der Waals surface area contributed by atoms with Crippen molar-refractivity contribution in [1.29, 1.82) is 0 Å². The van der Waals surface area contributed by atoms with Gasteiger partial charge in [0.2, 0.25) is 5.89 Å². The number of H-pyrrole nitrogens is 1. The molecule has 3 aromatic heterocycles. The molecule has 1 aromatic carbocycles. The summed E-state index contributed by atoms with van der Waals surface area (Å²) in [5.74, 6) is 0.781. The first kappa shape index (κ1) is 16.3. The highest BCUT2D eigenvalue weighted by Crippen LogP contribution is 2.37. The second-order valence-corrected chi connectivity index (χ2v) is 6.71. The summed E-state index contributed by atoms with van der Waals surface area (Å²) in [6, 6.07) is 10.2. The van der Waals surface area contributed by atoms with Crippen LogP contribution in [0.2, 0.25) is 0 Å². The van der Waals surface area contributed by atoms with E-state index in [0.717, 1.165) is 33.4 Å². The lowest BCUT2D eigenvalue weighted by Gasteiger charge is -2.09. The van der Waals surface area contributed by atoms with Crippen LogP contribution < -0.4 is 0 Å². The average molecular weight is 345 g/mol. The molecule has 0 radical (unpaired) electrons. The van der Waals surface area contributed by atoms with Crippen molar-refractivity contribution in [3.05, 3.63) is 59.7 Å². The van der Waals surface area contributed by atoms with Crippen molar-refractivity contribution in [2.24, 2.45) is 0 Å². The van der Waals surface area contributed by atoms with Crippen molar-refractivity contribution in [1.82, 2.24) is 15.0 Å². The van der Waals surface area contributed by atoms with Gasteiger partial charge in [0.1, 0.15) is 12.0 Å². The maximum atomic E-state index is 10.9. The predicted octanol–water partition coefficient (Wildman–Crippen LogP) is 5.13. The van der Waals surface area contributed by atoms with Gasteiger partial charge in [0.25, 0.3) is 0 Å². The molecule has 4 aromatic rings. The summed E-state index contributed by atoms with van der Waals surface area (Å²) in [5.41, 5.74) is 6.67. The Balaban J connectivity index is 1.92. The number of hydrogen-bond donors (Lipinski definition) is 1. The Hall–Kier alpha value is -3.21. The smallest absolute Gasteiger partial charge is 0.226 e. The molecule has 0 spiro atoms. The van der Waals surface area contributed by atoms with Crippen LogP contribution in [0.25, 0.3) is 33.6 Å². The number of aromatic amines is 1. The molecule has 26 heavy (non-hydrogen) atoms. The van der Waals surface area contributed by atoms with Crippen LogP contribution in [-0.4, -0.2) is 21.2 Å². The molecule has 4 rings (SSSR count). The van der Waals surface area contributed by atoms with Gasteiger partial charge in [0.05, 0.1) is 5.69 Å². The van der Waals surface area contributed by atoms with Crippen molar-refractivity contribution in [3.63, 3.8) is 0 Å². The van der Waals surface area contributed by atoms with Gasteiger partial charge in [-0.05, 0) is 48.7 Å². The van der Waals surface area contributed by atoms with E-state index in [2.05, 4.69) is 40.9 Å². The number of pyridine rings is 1. The van der Waals surface area contributed by atoms with Crippen LogP contribution in [0.1, 0.15) is 41.5 Å². The largest absolute Gasteiger partial charge is 0.444 e. The number of fused-ring (bicyclic) bond motifs is 1. The van der Waals surface area contributed by atoms with E-state index in [1.807, 2.05) is 31.3 Å². The average Bonchev–Trinajstić information content (AvgIpc) is 3.25. The van der Waals surface area contributed by atoms with Gasteiger partial charge in [0, 0.05) is 33.9 Å². The van der Waals surface area contributed by atoms with Gasteiger partial charge in [0.15, 0.2) is 6.29 Å². The minimum Gasteiger partial charge on any atom is -0.444 e. The summed E-state index contributed by atoms with van der Waals surface area (Å²) in [7, 11) is 0. The predicted molar refractivity (Wildman–Crippen MR) is 101 cm³/mol. The van der Waals surface area contributed by atoms with Crippen molar-refractivity contribution in [3.8, 4) is 22.7 Å². The van der Waals surface area contributed by atoms with E-state index in [0.29, 0.717) is 23.8 Å².